The highest BCUT2D eigenvalue weighted by molar-refractivity contribution is 6.35. The number of hydrogen-bond acceptors (Lipinski definition) is 4. The summed E-state index contributed by atoms with van der Waals surface area (Å²) in [5.41, 5.74) is 2.46. The molecule has 0 N–H and O–H groups in total. The summed E-state index contributed by atoms with van der Waals surface area (Å²) in [6.07, 6.45) is 1.72. The minimum Gasteiger partial charge on any atom is -0.452 e. The first-order chi connectivity index (χ1) is 14.4. The van der Waals surface area contributed by atoms with Crippen molar-refractivity contribution >= 4 is 41.0 Å². The Morgan fingerprint density at radius 2 is 1.83 bits per heavy atom. The Hall–Kier alpha value is -3.08. The summed E-state index contributed by atoms with van der Waals surface area (Å²) in [5, 5.41) is 0.913. The van der Waals surface area contributed by atoms with Crippen LogP contribution in [0.1, 0.15) is 27.0 Å². The number of halogens is 2. The smallest absolute Gasteiger partial charge is 0.315 e. The molecule has 0 unspecified atom stereocenters. The van der Waals surface area contributed by atoms with Crippen LogP contribution in [-0.4, -0.2) is 11.8 Å². The van der Waals surface area contributed by atoms with Crippen molar-refractivity contribution in [1.29, 1.82) is 0 Å². The quantitative estimate of drug-likeness (QED) is 0.282. The summed E-state index contributed by atoms with van der Waals surface area (Å²) in [6.45, 7) is 1.75. The molecule has 30 heavy (non-hydrogen) atoms. The van der Waals surface area contributed by atoms with Gasteiger partial charge in [0, 0.05) is 15.6 Å². The van der Waals surface area contributed by atoms with E-state index in [1.807, 2.05) is 30.3 Å². The fourth-order valence-corrected chi connectivity index (χ4v) is 3.62. The molecule has 1 aliphatic rings. The fraction of sp³-hybridized carbons (Fsp3) is 0.0833. The molecular weight excluding hydrogens is 423 g/mol. The predicted octanol–water partition coefficient (Wildman–Crippen LogP) is 6.07. The van der Waals surface area contributed by atoms with E-state index in [2.05, 4.69) is 0 Å². The summed E-state index contributed by atoms with van der Waals surface area (Å²) in [7, 11) is 0. The number of allylic oxidation sites excluding steroid dienone is 1. The van der Waals surface area contributed by atoms with Crippen LogP contribution >= 0.6 is 23.2 Å². The van der Waals surface area contributed by atoms with E-state index in [9.17, 15) is 9.59 Å². The van der Waals surface area contributed by atoms with E-state index < -0.39 is 5.97 Å². The van der Waals surface area contributed by atoms with Gasteiger partial charge in [-0.3, -0.25) is 9.59 Å². The maximum absolute atomic E-state index is 12.7. The first kappa shape index (κ1) is 20.2. The molecule has 0 spiro atoms. The van der Waals surface area contributed by atoms with E-state index in [4.69, 9.17) is 32.7 Å². The van der Waals surface area contributed by atoms with Gasteiger partial charge in [0.1, 0.15) is 11.5 Å². The molecule has 1 aliphatic heterocycles. The average molecular weight is 439 g/mol. The van der Waals surface area contributed by atoms with Crippen LogP contribution in [-0.2, 0) is 11.2 Å². The largest absolute Gasteiger partial charge is 0.452 e. The molecule has 0 saturated carbocycles. The number of ketones is 1. The molecule has 0 aromatic heterocycles. The zero-order valence-electron chi connectivity index (χ0n) is 15.9. The van der Waals surface area contributed by atoms with Crippen LogP contribution in [0.2, 0.25) is 10.0 Å². The van der Waals surface area contributed by atoms with Crippen LogP contribution in [0, 0.1) is 6.92 Å². The second-order valence-corrected chi connectivity index (χ2v) is 7.65. The molecule has 0 bridgehead atoms. The standard InChI is InChI=1S/C24H16Cl2O4/c1-14-20(29-22(27)11-15-5-3-2-4-6-15)10-9-18-23(28)21(30-24(14)18)12-16-7-8-17(25)13-19(16)26/h2-10,12-13H,11H2,1H3/b21-12-. The normalized spacial score (nSPS) is 13.8. The van der Waals surface area contributed by atoms with E-state index in [0.29, 0.717) is 38.2 Å². The third-order valence-electron chi connectivity index (χ3n) is 4.70. The molecule has 0 amide bonds. The van der Waals surface area contributed by atoms with Gasteiger partial charge >= 0.3 is 5.97 Å². The summed E-state index contributed by atoms with van der Waals surface area (Å²) in [6, 6.07) is 17.5. The number of esters is 1. The van der Waals surface area contributed by atoms with Gasteiger partial charge in [-0.2, -0.15) is 0 Å². The molecule has 3 aromatic rings. The Balaban J connectivity index is 1.57. The van der Waals surface area contributed by atoms with Gasteiger partial charge in [0.25, 0.3) is 0 Å². The van der Waals surface area contributed by atoms with Gasteiger partial charge in [0.15, 0.2) is 5.76 Å². The lowest BCUT2D eigenvalue weighted by Gasteiger charge is -2.10. The van der Waals surface area contributed by atoms with Crippen molar-refractivity contribution in [2.45, 2.75) is 13.3 Å². The second kappa shape index (κ2) is 8.34. The maximum Gasteiger partial charge on any atom is 0.315 e. The molecule has 0 atom stereocenters. The van der Waals surface area contributed by atoms with Gasteiger partial charge in [-0.1, -0.05) is 59.6 Å². The van der Waals surface area contributed by atoms with E-state index in [-0.39, 0.29) is 18.0 Å². The molecule has 150 valence electrons. The molecular formula is C24H16Cl2O4. The van der Waals surface area contributed by atoms with Crippen LogP contribution in [0.5, 0.6) is 11.5 Å². The summed E-state index contributed by atoms with van der Waals surface area (Å²) in [4.78, 5) is 25.0. The highest BCUT2D eigenvalue weighted by atomic mass is 35.5. The highest BCUT2D eigenvalue weighted by Gasteiger charge is 2.30. The van der Waals surface area contributed by atoms with E-state index in [1.165, 1.54) is 0 Å². The second-order valence-electron chi connectivity index (χ2n) is 6.81. The number of carbonyl (C=O) groups is 2. The van der Waals surface area contributed by atoms with Crippen molar-refractivity contribution < 1.29 is 19.1 Å². The van der Waals surface area contributed by atoms with Crippen LogP contribution in [0.15, 0.2) is 66.4 Å². The van der Waals surface area contributed by atoms with Gasteiger partial charge in [0.05, 0.1) is 12.0 Å². The molecule has 0 fully saturated rings. The molecule has 0 aliphatic carbocycles. The lowest BCUT2D eigenvalue weighted by Crippen LogP contribution is -2.12. The van der Waals surface area contributed by atoms with Crippen molar-refractivity contribution in [2.75, 3.05) is 0 Å². The highest BCUT2D eigenvalue weighted by Crippen LogP contribution is 2.39. The van der Waals surface area contributed by atoms with Crippen LogP contribution in [0.4, 0.5) is 0 Å². The summed E-state index contributed by atoms with van der Waals surface area (Å²) >= 11 is 12.1. The number of Topliss-reactive ketones (excluding diaryl/α,β-unsaturated/α-hetero) is 1. The van der Waals surface area contributed by atoms with Crippen molar-refractivity contribution in [3.05, 3.63) is 98.7 Å². The Labute approximate surface area is 183 Å². The van der Waals surface area contributed by atoms with Gasteiger partial charge in [0.2, 0.25) is 5.78 Å². The molecule has 3 aromatic carbocycles. The molecule has 6 heteroatoms. The third kappa shape index (κ3) is 4.11. The molecule has 4 rings (SSSR count). The Morgan fingerprint density at radius 1 is 1.07 bits per heavy atom. The predicted molar refractivity (Wildman–Crippen MR) is 116 cm³/mol. The number of rotatable bonds is 4. The Bertz CT molecular complexity index is 1180. The van der Waals surface area contributed by atoms with Crippen molar-refractivity contribution in [3.8, 4) is 11.5 Å². The minimum atomic E-state index is -0.391. The van der Waals surface area contributed by atoms with Crippen LogP contribution in [0.25, 0.3) is 6.08 Å². The molecule has 0 radical (unpaired) electrons. The van der Waals surface area contributed by atoms with Gasteiger partial charge in [-0.15, -0.1) is 0 Å². The maximum atomic E-state index is 12.7. The topological polar surface area (TPSA) is 52.6 Å². The number of carbonyl (C=O) groups excluding carboxylic acids is 2. The first-order valence-electron chi connectivity index (χ1n) is 9.20. The van der Waals surface area contributed by atoms with Crippen LogP contribution < -0.4 is 9.47 Å². The average Bonchev–Trinajstić information content (AvgIpc) is 3.03. The first-order valence-corrected chi connectivity index (χ1v) is 9.95. The Morgan fingerprint density at radius 3 is 2.57 bits per heavy atom. The Kier molecular flexibility index (Phi) is 5.62. The number of fused-ring (bicyclic) bond motifs is 1. The monoisotopic (exact) mass is 438 g/mol. The molecule has 0 saturated heterocycles. The third-order valence-corrected chi connectivity index (χ3v) is 5.26. The van der Waals surface area contributed by atoms with Crippen molar-refractivity contribution in [2.24, 2.45) is 0 Å². The number of ether oxygens (including phenoxy) is 2. The fourth-order valence-electron chi connectivity index (χ4n) is 3.16. The lowest BCUT2D eigenvalue weighted by atomic mass is 10.1. The van der Waals surface area contributed by atoms with Gasteiger partial charge in [-0.05, 0) is 48.4 Å². The summed E-state index contributed by atoms with van der Waals surface area (Å²) < 4.78 is 11.3. The van der Waals surface area contributed by atoms with E-state index in [0.717, 1.165) is 5.56 Å². The van der Waals surface area contributed by atoms with Crippen molar-refractivity contribution in [3.63, 3.8) is 0 Å². The molecule has 4 nitrogen and oxygen atoms in total. The number of hydrogen-bond donors (Lipinski definition) is 0. The van der Waals surface area contributed by atoms with Gasteiger partial charge < -0.3 is 9.47 Å². The lowest BCUT2D eigenvalue weighted by molar-refractivity contribution is -0.133. The van der Waals surface area contributed by atoms with E-state index >= 15 is 0 Å². The zero-order valence-corrected chi connectivity index (χ0v) is 17.5. The number of benzene rings is 3. The van der Waals surface area contributed by atoms with Crippen LogP contribution in [0.3, 0.4) is 0 Å². The van der Waals surface area contributed by atoms with E-state index in [1.54, 1.807) is 43.3 Å². The minimum absolute atomic E-state index is 0.144. The summed E-state index contributed by atoms with van der Waals surface area (Å²) in [5.74, 6) is 0.221. The molecule has 1 heterocycles. The SMILES string of the molecule is Cc1c(OC(=O)Cc2ccccc2)ccc2c1O/C(=C\c1ccc(Cl)cc1Cl)C2=O. The zero-order chi connectivity index (χ0) is 21.3. The van der Waals surface area contributed by atoms with Gasteiger partial charge in [-0.25, -0.2) is 0 Å². The van der Waals surface area contributed by atoms with Crippen molar-refractivity contribution in [1.82, 2.24) is 0 Å².